The van der Waals surface area contributed by atoms with Crippen LogP contribution in [0.2, 0.25) is 5.02 Å². The Balaban J connectivity index is 1.49. The lowest BCUT2D eigenvalue weighted by molar-refractivity contribution is -0.138. The molecular weight excluding hydrogens is 484 g/mol. The molecule has 0 spiro atoms. The SMILES string of the molecule is NS(=O)(=O)CCc1cc2nccc(-c3cc(Cl)cc4c3OC(C(=O)N3CCNCC3)C4)c2s1. The second-order valence-electron chi connectivity index (χ2n) is 8.23. The minimum absolute atomic E-state index is 0.00366. The third kappa shape index (κ3) is 4.71. The number of ether oxygens (including phenoxy) is 1. The Labute approximate surface area is 200 Å². The van der Waals surface area contributed by atoms with Gasteiger partial charge >= 0.3 is 0 Å². The fourth-order valence-corrected chi connectivity index (χ4v) is 6.33. The predicted molar refractivity (Wildman–Crippen MR) is 129 cm³/mol. The van der Waals surface area contributed by atoms with Crippen LogP contribution in [0.3, 0.4) is 0 Å². The number of rotatable bonds is 5. The van der Waals surface area contributed by atoms with Crippen LogP contribution in [0.25, 0.3) is 21.3 Å². The van der Waals surface area contributed by atoms with Gasteiger partial charge in [-0.15, -0.1) is 11.3 Å². The van der Waals surface area contributed by atoms with Crippen molar-refractivity contribution < 1.29 is 17.9 Å². The number of benzene rings is 1. The molecule has 0 aliphatic carbocycles. The zero-order valence-electron chi connectivity index (χ0n) is 17.7. The number of halogens is 1. The average Bonchev–Trinajstić information content (AvgIpc) is 3.40. The highest BCUT2D eigenvalue weighted by Gasteiger charge is 2.35. The smallest absolute Gasteiger partial charge is 0.264 e. The van der Waals surface area contributed by atoms with Gasteiger partial charge in [0.05, 0.1) is 16.0 Å². The molecule has 2 aliphatic rings. The van der Waals surface area contributed by atoms with Crippen LogP contribution in [0, 0.1) is 0 Å². The fraction of sp³-hybridized carbons (Fsp3) is 0.364. The number of piperazine rings is 1. The van der Waals surface area contributed by atoms with E-state index >= 15 is 0 Å². The number of thiophene rings is 1. The Morgan fingerprint density at radius 1 is 1.27 bits per heavy atom. The van der Waals surface area contributed by atoms with Crippen molar-refractivity contribution in [3.8, 4) is 16.9 Å². The lowest BCUT2D eigenvalue weighted by Crippen LogP contribution is -2.50. The first-order valence-electron chi connectivity index (χ1n) is 10.7. The van der Waals surface area contributed by atoms with Crippen LogP contribution < -0.4 is 15.2 Å². The minimum atomic E-state index is -3.55. The van der Waals surface area contributed by atoms with Crippen molar-refractivity contribution in [3.63, 3.8) is 0 Å². The van der Waals surface area contributed by atoms with E-state index in [9.17, 15) is 13.2 Å². The number of hydrogen-bond acceptors (Lipinski definition) is 7. The zero-order valence-corrected chi connectivity index (χ0v) is 20.1. The van der Waals surface area contributed by atoms with Gasteiger partial charge < -0.3 is 15.0 Å². The van der Waals surface area contributed by atoms with Gasteiger partial charge in [-0.3, -0.25) is 9.78 Å². The van der Waals surface area contributed by atoms with E-state index in [2.05, 4.69) is 10.3 Å². The van der Waals surface area contributed by atoms with Gasteiger partial charge in [-0.1, -0.05) is 11.6 Å². The van der Waals surface area contributed by atoms with Crippen molar-refractivity contribution >= 4 is 49.1 Å². The Hall–Kier alpha value is -2.24. The van der Waals surface area contributed by atoms with E-state index in [4.69, 9.17) is 21.5 Å². The van der Waals surface area contributed by atoms with E-state index < -0.39 is 16.1 Å². The number of nitrogens with zero attached hydrogens (tertiary/aromatic N) is 2. The number of carbonyl (C=O) groups is 1. The van der Waals surface area contributed by atoms with Gasteiger partial charge in [-0.25, -0.2) is 13.6 Å². The van der Waals surface area contributed by atoms with E-state index in [0.29, 0.717) is 36.7 Å². The number of aryl methyl sites for hydroxylation is 1. The second-order valence-corrected chi connectivity index (χ2v) is 11.5. The molecule has 1 amide bonds. The van der Waals surface area contributed by atoms with Crippen LogP contribution in [0.15, 0.2) is 30.5 Å². The number of nitrogens with one attached hydrogen (secondary N) is 1. The third-order valence-corrected chi connectivity index (χ3v) is 8.09. The largest absolute Gasteiger partial charge is 0.479 e. The van der Waals surface area contributed by atoms with Crippen LogP contribution in [0.5, 0.6) is 5.75 Å². The summed E-state index contributed by atoms with van der Waals surface area (Å²) in [6.07, 6.45) is 1.94. The lowest BCUT2D eigenvalue weighted by atomic mass is 10.0. The molecule has 1 atom stereocenters. The van der Waals surface area contributed by atoms with Gasteiger partial charge in [-0.2, -0.15) is 0 Å². The highest BCUT2D eigenvalue weighted by molar-refractivity contribution is 7.89. The number of carbonyl (C=O) groups excluding carboxylic acids is 1. The molecule has 3 N–H and O–H groups in total. The maximum absolute atomic E-state index is 13.0. The number of sulfonamides is 1. The molecule has 8 nitrogen and oxygen atoms in total. The summed E-state index contributed by atoms with van der Waals surface area (Å²) < 4.78 is 29.9. The molecule has 3 aromatic rings. The average molecular weight is 507 g/mol. The maximum Gasteiger partial charge on any atom is 0.264 e. The van der Waals surface area contributed by atoms with E-state index in [1.54, 1.807) is 6.20 Å². The monoisotopic (exact) mass is 506 g/mol. The van der Waals surface area contributed by atoms with Crippen LogP contribution >= 0.6 is 22.9 Å². The fourth-order valence-electron chi connectivity index (χ4n) is 4.32. The summed E-state index contributed by atoms with van der Waals surface area (Å²) in [5.41, 5.74) is 3.37. The van der Waals surface area contributed by atoms with E-state index in [1.807, 2.05) is 29.2 Å². The number of pyridine rings is 1. The highest BCUT2D eigenvalue weighted by atomic mass is 35.5. The van der Waals surface area contributed by atoms with E-state index in [0.717, 1.165) is 44.9 Å². The molecule has 1 fully saturated rings. The Kier molecular flexibility index (Phi) is 6.04. The Bertz CT molecular complexity index is 1340. The highest BCUT2D eigenvalue weighted by Crippen LogP contribution is 2.44. The number of fused-ring (bicyclic) bond motifs is 2. The molecule has 4 heterocycles. The quantitative estimate of drug-likeness (QED) is 0.548. The van der Waals surface area contributed by atoms with Gasteiger partial charge in [0.1, 0.15) is 5.75 Å². The number of hydrogen-bond donors (Lipinski definition) is 2. The molecule has 1 aromatic carbocycles. The first kappa shape index (κ1) is 22.5. The van der Waals surface area contributed by atoms with Crippen LogP contribution in [0.4, 0.5) is 0 Å². The molecule has 0 radical (unpaired) electrons. The third-order valence-electron chi connectivity index (χ3n) is 5.89. The summed E-state index contributed by atoms with van der Waals surface area (Å²) in [5.74, 6) is 0.539. The predicted octanol–water partition coefficient (Wildman–Crippen LogP) is 2.18. The van der Waals surface area contributed by atoms with E-state index in [1.165, 1.54) is 11.3 Å². The Morgan fingerprint density at radius 2 is 2.06 bits per heavy atom. The number of primary sulfonamides is 1. The summed E-state index contributed by atoms with van der Waals surface area (Å²) in [4.78, 5) is 20.2. The van der Waals surface area contributed by atoms with Crippen LogP contribution in [0.1, 0.15) is 10.4 Å². The summed E-state index contributed by atoms with van der Waals surface area (Å²) >= 11 is 7.94. The lowest BCUT2D eigenvalue weighted by Gasteiger charge is -2.29. The van der Waals surface area contributed by atoms with Crippen molar-refractivity contribution in [1.82, 2.24) is 15.2 Å². The van der Waals surface area contributed by atoms with Gasteiger partial charge in [0.15, 0.2) is 6.10 Å². The summed E-state index contributed by atoms with van der Waals surface area (Å²) in [7, 11) is -3.55. The summed E-state index contributed by atoms with van der Waals surface area (Å²) in [6.45, 7) is 2.90. The molecule has 174 valence electrons. The summed E-state index contributed by atoms with van der Waals surface area (Å²) in [5, 5.41) is 8.99. The molecule has 1 unspecified atom stereocenters. The normalized spacial score (nSPS) is 18.4. The number of amides is 1. The standard InChI is InChI=1S/C22H23ClN4O4S2/c23-14-9-13-10-19(22(28)27-6-4-25-5-7-27)31-20(13)17(11-14)16-1-3-26-18-12-15(32-21(16)18)2-8-33(24,29)30/h1,3,9,11-12,19,25H,2,4-8,10H2,(H2,24,29,30). The van der Waals surface area contributed by atoms with E-state index in [-0.39, 0.29) is 11.7 Å². The van der Waals surface area contributed by atoms with Gasteiger partial charge in [0.25, 0.3) is 5.91 Å². The maximum atomic E-state index is 13.0. The van der Waals surface area contributed by atoms with Gasteiger partial charge in [0, 0.05) is 65.4 Å². The minimum Gasteiger partial charge on any atom is -0.479 e. The molecule has 2 aromatic heterocycles. The number of nitrogens with two attached hydrogens (primary N) is 1. The molecule has 0 saturated carbocycles. The van der Waals surface area contributed by atoms with Crippen molar-refractivity contribution in [3.05, 3.63) is 45.9 Å². The molecule has 33 heavy (non-hydrogen) atoms. The van der Waals surface area contributed by atoms with Crippen molar-refractivity contribution in [2.24, 2.45) is 5.14 Å². The van der Waals surface area contributed by atoms with Gasteiger partial charge in [-0.05, 0) is 30.7 Å². The van der Waals surface area contributed by atoms with Crippen molar-refractivity contribution in [1.29, 1.82) is 0 Å². The van der Waals surface area contributed by atoms with Gasteiger partial charge in [0.2, 0.25) is 10.0 Å². The van der Waals surface area contributed by atoms with Crippen molar-refractivity contribution in [2.45, 2.75) is 18.9 Å². The molecule has 5 rings (SSSR count). The first-order valence-corrected chi connectivity index (χ1v) is 13.6. The second kappa shape index (κ2) is 8.84. The van der Waals surface area contributed by atoms with Crippen LogP contribution in [-0.2, 0) is 27.7 Å². The molecule has 1 saturated heterocycles. The Morgan fingerprint density at radius 3 is 2.82 bits per heavy atom. The van der Waals surface area contributed by atoms with Crippen LogP contribution in [-0.4, -0.2) is 62.2 Å². The van der Waals surface area contributed by atoms with Crippen molar-refractivity contribution in [2.75, 3.05) is 31.9 Å². The summed E-state index contributed by atoms with van der Waals surface area (Å²) in [6, 6.07) is 7.48. The molecule has 11 heteroatoms. The molecular formula is C22H23ClN4O4S2. The topological polar surface area (TPSA) is 115 Å². The molecule has 2 aliphatic heterocycles. The zero-order chi connectivity index (χ0) is 23.2. The number of aromatic nitrogens is 1. The molecule has 0 bridgehead atoms. The first-order chi connectivity index (χ1) is 15.8.